The molecule has 0 saturated carbocycles. The normalized spacial score (nSPS) is 12.1. The Kier molecular flexibility index (Phi) is 4.98. The SMILES string of the molecule is CC(SCc1ccco1)C(=O)Nc1ccc(Cl)c(N)c1. The van der Waals surface area contributed by atoms with Gasteiger partial charge in [-0.3, -0.25) is 4.79 Å². The molecule has 0 fully saturated rings. The highest BCUT2D eigenvalue weighted by molar-refractivity contribution is 7.99. The molecule has 1 amide bonds. The van der Waals surface area contributed by atoms with Crippen molar-refractivity contribution in [1.29, 1.82) is 0 Å². The van der Waals surface area contributed by atoms with Crippen molar-refractivity contribution in [2.45, 2.75) is 17.9 Å². The molecular formula is C14H15ClN2O2S. The molecule has 0 aliphatic heterocycles. The zero-order chi connectivity index (χ0) is 14.5. The molecule has 3 N–H and O–H groups in total. The van der Waals surface area contributed by atoms with E-state index >= 15 is 0 Å². The van der Waals surface area contributed by atoms with Crippen molar-refractivity contribution in [3.8, 4) is 0 Å². The van der Waals surface area contributed by atoms with Gasteiger partial charge < -0.3 is 15.5 Å². The van der Waals surface area contributed by atoms with Crippen molar-refractivity contribution < 1.29 is 9.21 Å². The Bertz CT molecular complexity index is 587. The Morgan fingerprint density at radius 3 is 2.95 bits per heavy atom. The minimum atomic E-state index is -0.197. The lowest BCUT2D eigenvalue weighted by Crippen LogP contribution is -2.22. The van der Waals surface area contributed by atoms with Gasteiger partial charge in [-0.15, -0.1) is 11.8 Å². The molecule has 1 aromatic heterocycles. The monoisotopic (exact) mass is 310 g/mol. The van der Waals surface area contributed by atoms with E-state index in [1.165, 1.54) is 11.8 Å². The van der Waals surface area contributed by atoms with Crippen LogP contribution in [0.5, 0.6) is 0 Å². The van der Waals surface area contributed by atoms with E-state index in [2.05, 4.69) is 5.32 Å². The van der Waals surface area contributed by atoms with Gasteiger partial charge >= 0.3 is 0 Å². The van der Waals surface area contributed by atoms with Gasteiger partial charge in [-0.1, -0.05) is 11.6 Å². The zero-order valence-electron chi connectivity index (χ0n) is 10.9. The van der Waals surface area contributed by atoms with E-state index in [-0.39, 0.29) is 11.2 Å². The van der Waals surface area contributed by atoms with E-state index in [1.54, 1.807) is 24.5 Å². The molecule has 0 aliphatic rings. The van der Waals surface area contributed by atoms with Crippen LogP contribution >= 0.6 is 23.4 Å². The number of benzene rings is 1. The number of nitrogens with one attached hydrogen (secondary N) is 1. The fourth-order valence-corrected chi connectivity index (χ4v) is 2.45. The average molecular weight is 311 g/mol. The van der Waals surface area contributed by atoms with Crippen LogP contribution in [0, 0.1) is 0 Å². The van der Waals surface area contributed by atoms with E-state index < -0.39 is 0 Å². The highest BCUT2D eigenvalue weighted by atomic mass is 35.5. The topological polar surface area (TPSA) is 68.3 Å². The number of halogens is 1. The van der Waals surface area contributed by atoms with Gasteiger partial charge in [0, 0.05) is 5.69 Å². The van der Waals surface area contributed by atoms with Crippen LogP contribution in [0.25, 0.3) is 0 Å². The van der Waals surface area contributed by atoms with Gasteiger partial charge in [0.05, 0.1) is 28.0 Å². The van der Waals surface area contributed by atoms with Crippen molar-refractivity contribution in [2.24, 2.45) is 0 Å². The van der Waals surface area contributed by atoms with Crippen LogP contribution in [-0.2, 0) is 10.5 Å². The quantitative estimate of drug-likeness (QED) is 0.825. The Labute approximate surface area is 126 Å². The van der Waals surface area contributed by atoms with Gasteiger partial charge in [-0.25, -0.2) is 0 Å². The summed E-state index contributed by atoms with van der Waals surface area (Å²) in [6.07, 6.45) is 1.62. The second kappa shape index (κ2) is 6.72. The van der Waals surface area contributed by atoms with Crippen LogP contribution in [0.3, 0.4) is 0 Å². The van der Waals surface area contributed by atoms with Gasteiger partial charge in [0.1, 0.15) is 5.76 Å². The lowest BCUT2D eigenvalue weighted by molar-refractivity contribution is -0.115. The van der Waals surface area contributed by atoms with Gasteiger partial charge in [0.15, 0.2) is 0 Å². The van der Waals surface area contributed by atoms with Gasteiger partial charge in [-0.05, 0) is 37.3 Å². The first-order chi connectivity index (χ1) is 9.56. The van der Waals surface area contributed by atoms with E-state index in [0.717, 1.165) is 5.76 Å². The summed E-state index contributed by atoms with van der Waals surface area (Å²) in [7, 11) is 0. The highest BCUT2D eigenvalue weighted by Gasteiger charge is 2.14. The predicted octanol–water partition coefficient (Wildman–Crippen LogP) is 3.78. The van der Waals surface area contributed by atoms with E-state index in [1.807, 2.05) is 19.1 Å². The van der Waals surface area contributed by atoms with E-state index in [4.69, 9.17) is 21.8 Å². The molecule has 1 aromatic carbocycles. The van der Waals surface area contributed by atoms with Crippen molar-refractivity contribution in [3.63, 3.8) is 0 Å². The summed E-state index contributed by atoms with van der Waals surface area (Å²) >= 11 is 7.34. The van der Waals surface area contributed by atoms with Gasteiger partial charge in [0.2, 0.25) is 5.91 Å². The fraction of sp³-hybridized carbons (Fsp3) is 0.214. The lowest BCUT2D eigenvalue weighted by Gasteiger charge is -2.12. The van der Waals surface area contributed by atoms with Crippen LogP contribution in [0.4, 0.5) is 11.4 Å². The number of thioether (sulfide) groups is 1. The molecule has 0 aliphatic carbocycles. The third-order valence-corrected chi connectivity index (χ3v) is 4.20. The number of carbonyl (C=O) groups excluding carboxylic acids is 1. The largest absolute Gasteiger partial charge is 0.468 e. The molecular weight excluding hydrogens is 296 g/mol. The lowest BCUT2D eigenvalue weighted by atomic mass is 10.2. The molecule has 0 spiro atoms. The summed E-state index contributed by atoms with van der Waals surface area (Å²) in [6, 6.07) is 8.74. The highest BCUT2D eigenvalue weighted by Crippen LogP contribution is 2.24. The molecule has 0 bridgehead atoms. The first-order valence-electron chi connectivity index (χ1n) is 6.06. The first-order valence-corrected chi connectivity index (χ1v) is 7.49. The smallest absolute Gasteiger partial charge is 0.237 e. The maximum absolute atomic E-state index is 12.0. The number of amides is 1. The zero-order valence-corrected chi connectivity index (χ0v) is 12.5. The average Bonchev–Trinajstić information content (AvgIpc) is 2.93. The molecule has 4 nitrogen and oxygen atoms in total. The maximum atomic E-state index is 12.0. The molecule has 20 heavy (non-hydrogen) atoms. The number of anilines is 2. The summed E-state index contributed by atoms with van der Waals surface area (Å²) in [5.74, 6) is 1.43. The molecule has 2 rings (SSSR count). The Morgan fingerprint density at radius 2 is 2.30 bits per heavy atom. The van der Waals surface area contributed by atoms with Crippen LogP contribution in [-0.4, -0.2) is 11.2 Å². The van der Waals surface area contributed by atoms with Crippen molar-refractivity contribution >= 4 is 40.6 Å². The van der Waals surface area contributed by atoms with Crippen LogP contribution in [0.1, 0.15) is 12.7 Å². The number of furan rings is 1. The third-order valence-electron chi connectivity index (χ3n) is 2.69. The minimum absolute atomic E-state index is 0.0803. The van der Waals surface area contributed by atoms with Crippen LogP contribution in [0.15, 0.2) is 41.0 Å². The molecule has 0 radical (unpaired) electrons. The fourth-order valence-electron chi connectivity index (χ4n) is 1.54. The van der Waals surface area contributed by atoms with E-state index in [0.29, 0.717) is 22.2 Å². The van der Waals surface area contributed by atoms with E-state index in [9.17, 15) is 4.79 Å². The number of hydrogen-bond acceptors (Lipinski definition) is 4. The van der Waals surface area contributed by atoms with Gasteiger partial charge in [-0.2, -0.15) is 0 Å². The molecule has 1 atom stereocenters. The summed E-state index contributed by atoms with van der Waals surface area (Å²) in [5, 5.41) is 3.09. The molecule has 1 unspecified atom stereocenters. The Hall–Kier alpha value is -1.59. The van der Waals surface area contributed by atoms with Crippen LogP contribution in [0.2, 0.25) is 5.02 Å². The molecule has 1 heterocycles. The second-order valence-corrected chi connectivity index (χ2v) is 5.99. The first kappa shape index (κ1) is 14.8. The standard InChI is InChI=1S/C14H15ClN2O2S/c1-9(20-8-11-3-2-6-19-11)14(18)17-10-4-5-12(15)13(16)7-10/h2-7,9H,8,16H2,1H3,(H,17,18). The molecule has 2 aromatic rings. The maximum Gasteiger partial charge on any atom is 0.237 e. The van der Waals surface area contributed by atoms with Crippen molar-refractivity contribution in [2.75, 3.05) is 11.1 Å². The Balaban J connectivity index is 1.88. The number of carbonyl (C=O) groups is 1. The second-order valence-electron chi connectivity index (χ2n) is 4.26. The van der Waals surface area contributed by atoms with Crippen molar-refractivity contribution in [3.05, 3.63) is 47.4 Å². The summed E-state index contributed by atoms with van der Waals surface area (Å²) in [4.78, 5) is 12.0. The number of nitrogen functional groups attached to an aromatic ring is 1. The number of nitrogens with two attached hydrogens (primary N) is 1. The van der Waals surface area contributed by atoms with Crippen molar-refractivity contribution in [1.82, 2.24) is 0 Å². The molecule has 0 saturated heterocycles. The number of hydrogen-bond donors (Lipinski definition) is 2. The van der Waals surface area contributed by atoms with Gasteiger partial charge in [0.25, 0.3) is 0 Å². The predicted molar refractivity (Wildman–Crippen MR) is 84.0 cm³/mol. The Morgan fingerprint density at radius 1 is 1.50 bits per heavy atom. The minimum Gasteiger partial charge on any atom is -0.468 e. The molecule has 106 valence electrons. The van der Waals surface area contributed by atoms with Crippen LogP contribution < -0.4 is 11.1 Å². The summed E-state index contributed by atoms with van der Waals surface area (Å²) in [5.41, 5.74) is 6.78. The third kappa shape index (κ3) is 3.95. The summed E-state index contributed by atoms with van der Waals surface area (Å²) in [6.45, 7) is 1.85. The molecule has 6 heteroatoms. The summed E-state index contributed by atoms with van der Waals surface area (Å²) < 4.78 is 5.23. The number of rotatable bonds is 5.